The molecule has 0 saturated heterocycles. The fraction of sp³-hybridized carbons (Fsp3) is 0.556. The van der Waals surface area contributed by atoms with E-state index in [1.165, 1.54) is 11.4 Å². The third-order valence-corrected chi connectivity index (χ3v) is 2.41. The maximum absolute atomic E-state index is 3.16. The molecule has 0 fully saturated rings. The topological polar surface area (TPSA) is 17.0 Å². The van der Waals surface area contributed by atoms with Gasteiger partial charge in [0.15, 0.2) is 0 Å². The maximum Gasteiger partial charge on any atom is 0.0356 e. The second-order valence-electron chi connectivity index (χ2n) is 2.72. The minimum Gasteiger partial charge on any atom is -0.349 e. The van der Waals surface area contributed by atoms with Gasteiger partial charge in [-0.3, -0.25) is 0 Å². The second-order valence-corrected chi connectivity index (χ2v) is 3.70. The first-order chi connectivity index (χ1) is 5.88. The lowest BCUT2D eigenvalue weighted by Crippen LogP contribution is -2.11. The van der Waals surface area contributed by atoms with Crippen LogP contribution in [-0.2, 0) is 13.1 Å². The number of hydrogen-bond donors (Lipinski definition) is 1. The standard InChI is InChI=1S/C9H16N2S/c1-10-8-9-4-3-5-11(9)6-7-12-2/h3-5,10H,6-8H2,1-2H3. The molecule has 68 valence electrons. The van der Waals surface area contributed by atoms with Crippen molar-refractivity contribution in [2.24, 2.45) is 0 Å². The summed E-state index contributed by atoms with van der Waals surface area (Å²) < 4.78 is 2.30. The molecule has 0 amide bonds. The van der Waals surface area contributed by atoms with Crippen LogP contribution in [0.2, 0.25) is 0 Å². The molecule has 1 aromatic heterocycles. The zero-order valence-electron chi connectivity index (χ0n) is 7.71. The Morgan fingerprint density at radius 1 is 1.58 bits per heavy atom. The van der Waals surface area contributed by atoms with E-state index < -0.39 is 0 Å². The van der Waals surface area contributed by atoms with Crippen LogP contribution in [0.15, 0.2) is 18.3 Å². The lowest BCUT2D eigenvalue weighted by Gasteiger charge is -2.07. The van der Waals surface area contributed by atoms with Gasteiger partial charge in [0.1, 0.15) is 0 Å². The van der Waals surface area contributed by atoms with Crippen LogP contribution in [-0.4, -0.2) is 23.6 Å². The van der Waals surface area contributed by atoms with Crippen LogP contribution in [0.5, 0.6) is 0 Å². The first kappa shape index (κ1) is 9.68. The molecule has 2 nitrogen and oxygen atoms in total. The normalized spacial score (nSPS) is 10.5. The largest absolute Gasteiger partial charge is 0.349 e. The smallest absolute Gasteiger partial charge is 0.0356 e. The van der Waals surface area contributed by atoms with Crippen molar-refractivity contribution in [2.45, 2.75) is 13.1 Å². The molecular weight excluding hydrogens is 168 g/mol. The SMILES string of the molecule is CNCc1cccn1CCSC. The van der Waals surface area contributed by atoms with Crippen LogP contribution in [0, 0.1) is 0 Å². The fourth-order valence-electron chi connectivity index (χ4n) is 1.20. The molecule has 12 heavy (non-hydrogen) atoms. The summed E-state index contributed by atoms with van der Waals surface area (Å²) in [5.74, 6) is 1.19. The van der Waals surface area contributed by atoms with Crippen molar-refractivity contribution in [3.63, 3.8) is 0 Å². The Hall–Kier alpha value is -0.410. The number of nitrogens with zero attached hydrogens (tertiary/aromatic N) is 1. The molecule has 0 atom stereocenters. The van der Waals surface area contributed by atoms with Gasteiger partial charge in [0.2, 0.25) is 0 Å². The summed E-state index contributed by atoms with van der Waals surface area (Å²) in [4.78, 5) is 0. The molecule has 0 aliphatic heterocycles. The van der Waals surface area contributed by atoms with Gasteiger partial charge in [-0.2, -0.15) is 11.8 Å². The van der Waals surface area contributed by atoms with Crippen molar-refractivity contribution in [1.82, 2.24) is 9.88 Å². The molecular formula is C9H16N2S. The van der Waals surface area contributed by atoms with Crippen molar-refractivity contribution < 1.29 is 0 Å². The number of thioether (sulfide) groups is 1. The van der Waals surface area contributed by atoms with Crippen molar-refractivity contribution in [3.8, 4) is 0 Å². The van der Waals surface area contributed by atoms with E-state index in [2.05, 4.69) is 34.5 Å². The average molecular weight is 184 g/mol. The van der Waals surface area contributed by atoms with Gasteiger partial charge in [0.05, 0.1) is 0 Å². The van der Waals surface area contributed by atoms with Gasteiger partial charge in [-0.15, -0.1) is 0 Å². The Kier molecular flexibility index (Phi) is 4.25. The Morgan fingerprint density at radius 2 is 2.42 bits per heavy atom. The van der Waals surface area contributed by atoms with Gasteiger partial charge in [0.25, 0.3) is 0 Å². The fourth-order valence-corrected chi connectivity index (χ4v) is 1.58. The molecule has 0 bridgehead atoms. The van der Waals surface area contributed by atoms with Gasteiger partial charge >= 0.3 is 0 Å². The minimum atomic E-state index is 0.960. The number of nitrogens with one attached hydrogen (secondary N) is 1. The summed E-state index contributed by atoms with van der Waals surface area (Å²) in [7, 11) is 1.98. The summed E-state index contributed by atoms with van der Waals surface area (Å²) in [6.07, 6.45) is 4.28. The lowest BCUT2D eigenvalue weighted by molar-refractivity contribution is 0.681. The van der Waals surface area contributed by atoms with Crippen LogP contribution in [0.3, 0.4) is 0 Å². The Bertz CT molecular complexity index is 220. The highest BCUT2D eigenvalue weighted by Crippen LogP contribution is 2.03. The molecule has 1 rings (SSSR count). The van der Waals surface area contributed by atoms with Gasteiger partial charge in [-0.1, -0.05) is 0 Å². The molecule has 0 saturated carbocycles. The zero-order chi connectivity index (χ0) is 8.81. The van der Waals surface area contributed by atoms with Crippen LogP contribution in [0.4, 0.5) is 0 Å². The van der Waals surface area contributed by atoms with Gasteiger partial charge in [0, 0.05) is 30.7 Å². The quantitative estimate of drug-likeness (QED) is 0.748. The maximum atomic E-state index is 3.16. The first-order valence-electron chi connectivity index (χ1n) is 4.16. The lowest BCUT2D eigenvalue weighted by atomic mass is 10.4. The number of rotatable bonds is 5. The number of aromatic nitrogens is 1. The molecule has 1 N–H and O–H groups in total. The zero-order valence-corrected chi connectivity index (χ0v) is 8.53. The first-order valence-corrected chi connectivity index (χ1v) is 5.55. The Balaban J connectivity index is 2.51. The molecule has 0 aromatic carbocycles. The molecule has 0 unspecified atom stereocenters. The summed E-state index contributed by atoms with van der Waals surface area (Å²) in [6.45, 7) is 2.08. The van der Waals surface area contributed by atoms with Crippen molar-refractivity contribution in [3.05, 3.63) is 24.0 Å². The van der Waals surface area contributed by atoms with E-state index in [-0.39, 0.29) is 0 Å². The van der Waals surface area contributed by atoms with Crippen LogP contribution in [0.25, 0.3) is 0 Å². The van der Waals surface area contributed by atoms with E-state index >= 15 is 0 Å². The molecule has 1 aromatic rings. The Labute approximate surface area is 78.3 Å². The summed E-state index contributed by atoms with van der Waals surface area (Å²) in [5, 5.41) is 3.16. The molecule has 0 aliphatic rings. The highest BCUT2D eigenvalue weighted by atomic mass is 32.2. The van der Waals surface area contributed by atoms with Crippen molar-refractivity contribution >= 4 is 11.8 Å². The number of hydrogen-bond acceptors (Lipinski definition) is 2. The molecule has 0 aliphatic carbocycles. The molecule has 1 heterocycles. The van der Waals surface area contributed by atoms with Crippen molar-refractivity contribution in [1.29, 1.82) is 0 Å². The predicted octanol–water partition coefficient (Wildman–Crippen LogP) is 1.57. The predicted molar refractivity (Wildman–Crippen MR) is 55.6 cm³/mol. The van der Waals surface area contributed by atoms with Gasteiger partial charge in [-0.25, -0.2) is 0 Å². The van der Waals surface area contributed by atoms with E-state index in [0.717, 1.165) is 13.1 Å². The van der Waals surface area contributed by atoms with Gasteiger partial charge < -0.3 is 9.88 Å². The molecule has 0 spiro atoms. The number of aryl methyl sites for hydroxylation is 1. The van der Waals surface area contributed by atoms with Crippen LogP contribution in [0.1, 0.15) is 5.69 Å². The summed E-state index contributed by atoms with van der Waals surface area (Å²) >= 11 is 1.89. The van der Waals surface area contributed by atoms with E-state index in [4.69, 9.17) is 0 Å². The Morgan fingerprint density at radius 3 is 3.08 bits per heavy atom. The van der Waals surface area contributed by atoms with Crippen LogP contribution < -0.4 is 5.32 Å². The van der Waals surface area contributed by atoms with E-state index in [1.54, 1.807) is 0 Å². The van der Waals surface area contributed by atoms with E-state index in [9.17, 15) is 0 Å². The third-order valence-electron chi connectivity index (χ3n) is 1.82. The van der Waals surface area contributed by atoms with Crippen molar-refractivity contribution in [2.75, 3.05) is 19.1 Å². The third kappa shape index (κ3) is 2.57. The second kappa shape index (κ2) is 5.27. The summed E-state index contributed by atoms with van der Waals surface area (Å²) in [5.41, 5.74) is 1.37. The van der Waals surface area contributed by atoms with E-state index in [0.29, 0.717) is 0 Å². The van der Waals surface area contributed by atoms with E-state index in [1.807, 2.05) is 18.8 Å². The highest BCUT2D eigenvalue weighted by Gasteiger charge is 1.97. The van der Waals surface area contributed by atoms with Gasteiger partial charge in [-0.05, 0) is 25.4 Å². The summed E-state index contributed by atoms with van der Waals surface area (Å²) in [6, 6.07) is 4.27. The highest BCUT2D eigenvalue weighted by molar-refractivity contribution is 7.98. The average Bonchev–Trinajstić information content (AvgIpc) is 2.50. The molecule has 0 radical (unpaired) electrons. The van der Waals surface area contributed by atoms with Crippen LogP contribution >= 0.6 is 11.8 Å². The minimum absolute atomic E-state index is 0.960. The molecule has 3 heteroatoms. The monoisotopic (exact) mass is 184 g/mol.